The zero-order valence-electron chi connectivity index (χ0n) is 7.38. The first kappa shape index (κ1) is 10.6. The van der Waals surface area contributed by atoms with Crippen molar-refractivity contribution in [1.29, 1.82) is 0 Å². The average molecular weight is 198 g/mol. The minimum atomic E-state index is -4.26. The molecule has 0 aliphatic heterocycles. The lowest BCUT2D eigenvalue weighted by Crippen LogP contribution is -2.03. The molecule has 0 aromatic heterocycles. The molecule has 0 aliphatic carbocycles. The normalized spacial score (nSPS) is 11.9. The highest BCUT2D eigenvalue weighted by atomic mass is 19.4. The van der Waals surface area contributed by atoms with E-state index >= 15 is 0 Å². The molecule has 1 aromatic rings. The van der Waals surface area contributed by atoms with Gasteiger partial charge in [0, 0.05) is 0 Å². The highest BCUT2D eigenvalue weighted by Gasteiger charge is 2.29. The molecule has 1 rings (SSSR count). The summed E-state index contributed by atoms with van der Waals surface area (Å²) in [6.45, 7) is 3.47. The van der Waals surface area contributed by atoms with E-state index in [1.54, 1.807) is 18.2 Å². The largest absolute Gasteiger partial charge is 0.416 e. The van der Waals surface area contributed by atoms with Gasteiger partial charge in [-0.2, -0.15) is 13.2 Å². The maximum atomic E-state index is 12.1. The van der Waals surface area contributed by atoms with Gasteiger partial charge in [-0.25, -0.2) is 0 Å². The van der Waals surface area contributed by atoms with Crippen LogP contribution in [0.4, 0.5) is 13.2 Å². The SMILES string of the molecule is C=C/C=C/c1ccc(C(F)(F)F)cc1. The molecule has 0 saturated heterocycles. The van der Waals surface area contributed by atoms with E-state index in [2.05, 4.69) is 6.58 Å². The van der Waals surface area contributed by atoms with Gasteiger partial charge in [-0.05, 0) is 17.7 Å². The summed E-state index contributed by atoms with van der Waals surface area (Å²) in [6.07, 6.45) is 0.661. The monoisotopic (exact) mass is 198 g/mol. The zero-order chi connectivity index (χ0) is 10.6. The zero-order valence-corrected chi connectivity index (χ0v) is 7.38. The molecule has 0 radical (unpaired) electrons. The maximum absolute atomic E-state index is 12.1. The van der Waals surface area contributed by atoms with Crippen LogP contribution in [0.25, 0.3) is 6.08 Å². The quantitative estimate of drug-likeness (QED) is 0.632. The Balaban J connectivity index is 2.89. The number of hydrogen-bond donors (Lipinski definition) is 0. The summed E-state index contributed by atoms with van der Waals surface area (Å²) in [5.41, 5.74) is 0.0890. The lowest BCUT2D eigenvalue weighted by atomic mass is 10.1. The fraction of sp³-hybridized carbons (Fsp3) is 0.0909. The molecule has 0 N–H and O–H groups in total. The Bertz CT molecular complexity index is 331. The molecule has 0 heterocycles. The van der Waals surface area contributed by atoms with Gasteiger partial charge in [0.1, 0.15) is 0 Å². The second-order valence-electron chi connectivity index (χ2n) is 2.71. The van der Waals surface area contributed by atoms with Crippen molar-refractivity contribution < 1.29 is 13.2 Å². The molecule has 1 aromatic carbocycles. The third kappa shape index (κ3) is 2.76. The highest BCUT2D eigenvalue weighted by molar-refractivity contribution is 5.51. The average Bonchev–Trinajstić information content (AvgIpc) is 2.14. The molecule has 3 heteroatoms. The Morgan fingerprint density at radius 3 is 2.07 bits per heavy atom. The fourth-order valence-electron chi connectivity index (χ4n) is 0.962. The van der Waals surface area contributed by atoms with Crippen LogP contribution in [-0.2, 0) is 6.18 Å². The number of allylic oxidation sites excluding steroid dienone is 2. The number of alkyl halides is 3. The Morgan fingerprint density at radius 2 is 1.64 bits per heavy atom. The first-order chi connectivity index (χ1) is 6.54. The smallest absolute Gasteiger partial charge is 0.166 e. The minimum absolute atomic E-state index is 0.631. The van der Waals surface area contributed by atoms with Gasteiger partial charge in [0.25, 0.3) is 0 Å². The molecule has 14 heavy (non-hydrogen) atoms. The first-order valence-electron chi connectivity index (χ1n) is 4.00. The van der Waals surface area contributed by atoms with Crippen LogP contribution < -0.4 is 0 Å². The molecule has 0 bridgehead atoms. The van der Waals surface area contributed by atoms with Gasteiger partial charge in [-0.1, -0.05) is 36.9 Å². The van der Waals surface area contributed by atoms with Gasteiger partial charge >= 0.3 is 6.18 Å². The predicted molar refractivity (Wildman–Crippen MR) is 50.7 cm³/mol. The van der Waals surface area contributed by atoms with Gasteiger partial charge in [0.2, 0.25) is 0 Å². The van der Waals surface area contributed by atoms with Crippen molar-refractivity contribution >= 4 is 6.08 Å². The van der Waals surface area contributed by atoms with E-state index in [-0.39, 0.29) is 0 Å². The van der Waals surface area contributed by atoms with E-state index in [0.717, 1.165) is 17.7 Å². The van der Waals surface area contributed by atoms with Crippen molar-refractivity contribution in [3.63, 3.8) is 0 Å². The highest BCUT2D eigenvalue weighted by Crippen LogP contribution is 2.29. The summed E-state index contributed by atoms with van der Waals surface area (Å²) >= 11 is 0. The maximum Gasteiger partial charge on any atom is 0.416 e. The van der Waals surface area contributed by atoms with Crippen LogP contribution in [0.1, 0.15) is 11.1 Å². The van der Waals surface area contributed by atoms with Gasteiger partial charge in [-0.3, -0.25) is 0 Å². The van der Waals surface area contributed by atoms with E-state index in [1.807, 2.05) is 0 Å². The lowest BCUT2D eigenvalue weighted by Gasteiger charge is -2.05. The van der Waals surface area contributed by atoms with Gasteiger partial charge in [0.05, 0.1) is 5.56 Å². The molecule has 0 spiro atoms. The van der Waals surface area contributed by atoms with Crippen molar-refractivity contribution in [3.05, 3.63) is 54.1 Å². The molecule has 0 fully saturated rings. The third-order valence-corrected chi connectivity index (χ3v) is 1.66. The van der Waals surface area contributed by atoms with Gasteiger partial charge in [-0.15, -0.1) is 0 Å². The minimum Gasteiger partial charge on any atom is -0.166 e. The van der Waals surface area contributed by atoms with E-state index in [1.165, 1.54) is 12.1 Å². The topological polar surface area (TPSA) is 0 Å². The van der Waals surface area contributed by atoms with Crippen LogP contribution in [0.3, 0.4) is 0 Å². The van der Waals surface area contributed by atoms with Gasteiger partial charge < -0.3 is 0 Å². The van der Waals surface area contributed by atoms with Crippen LogP contribution in [0, 0.1) is 0 Å². The summed E-state index contributed by atoms with van der Waals surface area (Å²) in [4.78, 5) is 0. The summed E-state index contributed by atoms with van der Waals surface area (Å²) in [7, 11) is 0. The number of rotatable bonds is 2. The number of hydrogen-bond acceptors (Lipinski definition) is 0. The van der Waals surface area contributed by atoms with Crippen LogP contribution in [-0.4, -0.2) is 0 Å². The van der Waals surface area contributed by atoms with E-state index in [0.29, 0.717) is 0 Å². The van der Waals surface area contributed by atoms with Crippen molar-refractivity contribution in [1.82, 2.24) is 0 Å². The van der Waals surface area contributed by atoms with Crippen molar-refractivity contribution in [2.24, 2.45) is 0 Å². The molecule has 0 unspecified atom stereocenters. The Hall–Kier alpha value is -1.51. The molecule has 0 atom stereocenters. The summed E-state index contributed by atoms with van der Waals surface area (Å²) in [5.74, 6) is 0. The van der Waals surface area contributed by atoms with Crippen LogP contribution in [0.5, 0.6) is 0 Å². The lowest BCUT2D eigenvalue weighted by molar-refractivity contribution is -0.137. The first-order valence-corrected chi connectivity index (χ1v) is 4.00. The third-order valence-electron chi connectivity index (χ3n) is 1.66. The molecule has 74 valence electrons. The van der Waals surface area contributed by atoms with Crippen LogP contribution in [0.15, 0.2) is 43.0 Å². The predicted octanol–water partition coefficient (Wildman–Crippen LogP) is 3.90. The number of benzene rings is 1. The molecule has 0 nitrogen and oxygen atoms in total. The Labute approximate surface area is 80.4 Å². The van der Waals surface area contributed by atoms with Crippen molar-refractivity contribution in [2.75, 3.05) is 0 Å². The summed E-state index contributed by atoms with van der Waals surface area (Å²) in [6, 6.07) is 4.96. The molecule has 0 saturated carbocycles. The van der Waals surface area contributed by atoms with Crippen LogP contribution >= 0.6 is 0 Å². The summed E-state index contributed by atoms with van der Waals surface area (Å²) in [5, 5.41) is 0. The molecule has 0 aliphatic rings. The molecular weight excluding hydrogens is 189 g/mol. The Morgan fingerprint density at radius 1 is 1.07 bits per heavy atom. The standard InChI is InChI=1S/C11H9F3/c1-2-3-4-9-5-7-10(8-6-9)11(12,13)14/h2-8H,1H2/b4-3+. The number of halogens is 3. The van der Waals surface area contributed by atoms with Crippen molar-refractivity contribution in [3.8, 4) is 0 Å². The van der Waals surface area contributed by atoms with E-state index in [9.17, 15) is 13.2 Å². The summed E-state index contributed by atoms with van der Waals surface area (Å²) < 4.78 is 36.4. The van der Waals surface area contributed by atoms with Crippen LogP contribution in [0.2, 0.25) is 0 Å². The fourth-order valence-corrected chi connectivity index (χ4v) is 0.962. The second-order valence-corrected chi connectivity index (χ2v) is 2.71. The van der Waals surface area contributed by atoms with E-state index < -0.39 is 11.7 Å². The van der Waals surface area contributed by atoms with Crippen molar-refractivity contribution in [2.45, 2.75) is 6.18 Å². The molecule has 0 amide bonds. The van der Waals surface area contributed by atoms with Gasteiger partial charge in [0.15, 0.2) is 0 Å². The van der Waals surface area contributed by atoms with E-state index in [4.69, 9.17) is 0 Å². The Kier molecular flexibility index (Phi) is 3.12. The second kappa shape index (κ2) is 4.13. The molecular formula is C11H9F3.